The van der Waals surface area contributed by atoms with Crippen LogP contribution in [0.2, 0.25) is 5.02 Å². The molecule has 29 heavy (non-hydrogen) atoms. The van der Waals surface area contributed by atoms with E-state index in [4.69, 9.17) is 16.3 Å². The van der Waals surface area contributed by atoms with Crippen molar-refractivity contribution in [3.05, 3.63) is 57.1 Å². The summed E-state index contributed by atoms with van der Waals surface area (Å²) >= 11 is 6.02. The van der Waals surface area contributed by atoms with Gasteiger partial charge in [0.1, 0.15) is 11.8 Å². The third-order valence-electron chi connectivity index (χ3n) is 4.08. The van der Waals surface area contributed by atoms with Crippen LogP contribution in [0.1, 0.15) is 12.5 Å². The SMILES string of the molecule is COc1ccc(C)cc1N(C(C)C(=O)Nc1cc([N+](=O)[O-])ccc1Cl)S(C)(=O)=O. The molecule has 1 unspecified atom stereocenters. The molecule has 0 bridgehead atoms. The van der Waals surface area contributed by atoms with Crippen molar-refractivity contribution < 1.29 is 22.9 Å². The van der Waals surface area contributed by atoms with Crippen LogP contribution in [0.5, 0.6) is 5.75 Å². The van der Waals surface area contributed by atoms with Gasteiger partial charge in [-0.3, -0.25) is 19.2 Å². The van der Waals surface area contributed by atoms with Gasteiger partial charge in [-0.2, -0.15) is 0 Å². The predicted molar refractivity (Wildman–Crippen MR) is 111 cm³/mol. The van der Waals surface area contributed by atoms with Gasteiger partial charge in [0.15, 0.2) is 0 Å². The van der Waals surface area contributed by atoms with Crippen LogP contribution in [0.3, 0.4) is 0 Å². The number of nitrogens with one attached hydrogen (secondary N) is 1. The van der Waals surface area contributed by atoms with Gasteiger partial charge in [-0.15, -0.1) is 0 Å². The second kappa shape index (κ2) is 8.66. The molecule has 0 aliphatic rings. The molecule has 0 radical (unpaired) electrons. The van der Waals surface area contributed by atoms with Gasteiger partial charge in [-0.1, -0.05) is 17.7 Å². The quantitative estimate of drug-likeness (QED) is 0.519. The molecule has 1 amide bonds. The molecule has 9 nitrogen and oxygen atoms in total. The summed E-state index contributed by atoms with van der Waals surface area (Å²) in [7, 11) is -2.49. The van der Waals surface area contributed by atoms with Gasteiger partial charge in [0.05, 0.1) is 34.7 Å². The second-order valence-electron chi connectivity index (χ2n) is 6.32. The molecule has 1 atom stereocenters. The predicted octanol–water partition coefficient (Wildman–Crippen LogP) is 3.36. The molecule has 0 saturated carbocycles. The topological polar surface area (TPSA) is 119 Å². The molecule has 0 aliphatic carbocycles. The fourth-order valence-corrected chi connectivity index (χ4v) is 4.05. The molecule has 156 valence electrons. The maximum Gasteiger partial charge on any atom is 0.271 e. The van der Waals surface area contributed by atoms with Gasteiger partial charge in [-0.25, -0.2) is 8.42 Å². The van der Waals surface area contributed by atoms with Crippen molar-refractivity contribution in [2.45, 2.75) is 19.9 Å². The van der Waals surface area contributed by atoms with Crippen LogP contribution in [-0.2, 0) is 14.8 Å². The highest BCUT2D eigenvalue weighted by atomic mass is 35.5. The van der Waals surface area contributed by atoms with Gasteiger partial charge in [0.25, 0.3) is 5.69 Å². The lowest BCUT2D eigenvalue weighted by Crippen LogP contribution is -2.45. The molecule has 0 saturated heterocycles. The van der Waals surface area contributed by atoms with Crippen molar-refractivity contribution >= 4 is 44.6 Å². The summed E-state index contributed by atoms with van der Waals surface area (Å²) in [5.41, 5.74) is 0.701. The number of nitrogens with zero attached hydrogens (tertiary/aromatic N) is 2. The van der Waals surface area contributed by atoms with E-state index in [-0.39, 0.29) is 27.8 Å². The average molecular weight is 442 g/mol. The molecule has 0 aromatic heterocycles. The number of nitro benzene ring substituents is 1. The van der Waals surface area contributed by atoms with Crippen LogP contribution < -0.4 is 14.4 Å². The standard InChI is InChI=1S/C18H20ClN3O6S/c1-11-5-8-17(28-3)16(9-11)21(29(4,26)27)12(2)18(23)20-15-10-13(22(24)25)6-7-14(15)19/h5-10,12H,1-4H3,(H,20,23). The molecule has 2 aromatic rings. The number of non-ortho nitro benzene ring substituents is 1. The van der Waals surface area contributed by atoms with Crippen LogP contribution in [0, 0.1) is 17.0 Å². The fraction of sp³-hybridized carbons (Fsp3) is 0.278. The molecular weight excluding hydrogens is 422 g/mol. The molecular formula is C18H20ClN3O6S. The maximum absolute atomic E-state index is 12.8. The molecule has 0 fully saturated rings. The summed E-state index contributed by atoms with van der Waals surface area (Å²) in [5.74, 6) is -0.449. The Hall–Kier alpha value is -2.85. The van der Waals surface area contributed by atoms with Gasteiger partial charge in [-0.05, 0) is 37.6 Å². The van der Waals surface area contributed by atoms with Crippen molar-refractivity contribution in [1.82, 2.24) is 0 Å². The number of carbonyl (C=O) groups excluding carboxylic acids is 1. The fourth-order valence-electron chi connectivity index (χ4n) is 2.71. The number of hydrogen-bond donors (Lipinski definition) is 1. The summed E-state index contributed by atoms with van der Waals surface area (Å²) < 4.78 is 31.2. The Balaban J connectivity index is 2.45. The zero-order valence-electron chi connectivity index (χ0n) is 16.2. The van der Waals surface area contributed by atoms with Crippen LogP contribution in [0.25, 0.3) is 0 Å². The second-order valence-corrected chi connectivity index (χ2v) is 8.59. The van der Waals surface area contributed by atoms with E-state index in [0.29, 0.717) is 0 Å². The summed E-state index contributed by atoms with van der Waals surface area (Å²) in [5, 5.41) is 13.5. The Morgan fingerprint density at radius 2 is 1.93 bits per heavy atom. The molecule has 11 heteroatoms. The summed E-state index contributed by atoms with van der Waals surface area (Å²) in [4.78, 5) is 23.1. The molecule has 2 rings (SSSR count). The number of benzene rings is 2. The van der Waals surface area contributed by atoms with E-state index in [9.17, 15) is 23.3 Å². The first kappa shape index (κ1) is 22.4. The Morgan fingerprint density at radius 1 is 1.28 bits per heavy atom. The lowest BCUT2D eigenvalue weighted by molar-refractivity contribution is -0.384. The van der Waals surface area contributed by atoms with Gasteiger partial charge < -0.3 is 10.1 Å². The van der Waals surface area contributed by atoms with E-state index >= 15 is 0 Å². The largest absolute Gasteiger partial charge is 0.495 e. The number of methoxy groups -OCH3 is 1. The summed E-state index contributed by atoms with van der Waals surface area (Å²) in [6, 6.07) is 7.31. The summed E-state index contributed by atoms with van der Waals surface area (Å²) in [6.45, 7) is 3.17. The lowest BCUT2D eigenvalue weighted by atomic mass is 10.2. The number of anilines is 2. The van der Waals surface area contributed by atoms with Crippen LogP contribution >= 0.6 is 11.6 Å². The van der Waals surface area contributed by atoms with E-state index in [1.807, 2.05) is 0 Å². The van der Waals surface area contributed by atoms with Crippen molar-refractivity contribution in [3.63, 3.8) is 0 Å². The number of amides is 1. The number of ether oxygens (including phenoxy) is 1. The molecule has 0 spiro atoms. The van der Waals surface area contributed by atoms with Crippen molar-refractivity contribution in [1.29, 1.82) is 0 Å². The van der Waals surface area contributed by atoms with Gasteiger partial charge in [0.2, 0.25) is 15.9 Å². The Bertz CT molecular complexity index is 1060. The van der Waals surface area contributed by atoms with Crippen LogP contribution in [-0.4, -0.2) is 38.7 Å². The number of rotatable bonds is 7. The van der Waals surface area contributed by atoms with Crippen molar-refractivity contribution in [2.24, 2.45) is 0 Å². The number of halogens is 1. The Morgan fingerprint density at radius 3 is 2.48 bits per heavy atom. The number of carbonyl (C=O) groups is 1. The van der Waals surface area contributed by atoms with E-state index in [1.165, 1.54) is 26.2 Å². The highest BCUT2D eigenvalue weighted by Gasteiger charge is 2.32. The van der Waals surface area contributed by atoms with Crippen LogP contribution in [0.15, 0.2) is 36.4 Å². The number of aryl methyl sites for hydroxylation is 1. The molecule has 0 aliphatic heterocycles. The lowest BCUT2D eigenvalue weighted by Gasteiger charge is -2.29. The minimum Gasteiger partial charge on any atom is -0.495 e. The first-order chi connectivity index (χ1) is 13.5. The van der Waals surface area contributed by atoms with Crippen molar-refractivity contribution in [3.8, 4) is 5.75 Å². The normalized spacial score (nSPS) is 12.2. The number of hydrogen-bond acceptors (Lipinski definition) is 6. The zero-order chi connectivity index (χ0) is 21.9. The first-order valence-corrected chi connectivity index (χ1v) is 10.6. The van der Waals surface area contributed by atoms with E-state index in [2.05, 4.69) is 5.32 Å². The minimum absolute atomic E-state index is 0.00220. The van der Waals surface area contributed by atoms with E-state index in [0.717, 1.165) is 22.2 Å². The third-order valence-corrected chi connectivity index (χ3v) is 5.64. The molecule has 1 N–H and O–H groups in total. The highest BCUT2D eigenvalue weighted by Crippen LogP contribution is 2.33. The minimum atomic E-state index is -3.88. The first-order valence-electron chi connectivity index (χ1n) is 8.34. The van der Waals surface area contributed by atoms with Gasteiger partial charge >= 0.3 is 0 Å². The van der Waals surface area contributed by atoms with Crippen molar-refractivity contribution in [2.75, 3.05) is 23.0 Å². The summed E-state index contributed by atoms with van der Waals surface area (Å²) in [6.07, 6.45) is 0.971. The van der Waals surface area contributed by atoms with Crippen LogP contribution in [0.4, 0.5) is 17.1 Å². The number of sulfonamides is 1. The zero-order valence-corrected chi connectivity index (χ0v) is 17.7. The van der Waals surface area contributed by atoms with E-state index in [1.54, 1.807) is 25.1 Å². The van der Waals surface area contributed by atoms with E-state index < -0.39 is 26.9 Å². The highest BCUT2D eigenvalue weighted by molar-refractivity contribution is 7.92. The average Bonchev–Trinajstić information content (AvgIpc) is 2.62. The molecule has 0 heterocycles. The smallest absolute Gasteiger partial charge is 0.271 e. The Kier molecular flexibility index (Phi) is 6.70. The van der Waals surface area contributed by atoms with Gasteiger partial charge in [0, 0.05) is 12.1 Å². The number of nitro groups is 1. The molecule has 2 aromatic carbocycles. The monoisotopic (exact) mass is 441 g/mol. The Labute approximate surface area is 173 Å². The maximum atomic E-state index is 12.8. The third kappa shape index (κ3) is 5.15.